The summed E-state index contributed by atoms with van der Waals surface area (Å²) in [6.07, 6.45) is 1.46. The summed E-state index contributed by atoms with van der Waals surface area (Å²) in [5, 5.41) is 5.41. The van der Waals surface area contributed by atoms with Crippen molar-refractivity contribution in [2.75, 3.05) is 29.3 Å². The minimum absolute atomic E-state index is 0.00682. The van der Waals surface area contributed by atoms with Gasteiger partial charge in [0, 0.05) is 25.4 Å². The highest BCUT2D eigenvalue weighted by Gasteiger charge is 2.20. The second-order valence-electron chi connectivity index (χ2n) is 7.01. The lowest BCUT2D eigenvalue weighted by atomic mass is 10.2. The van der Waals surface area contributed by atoms with E-state index < -0.39 is 23.5 Å². The van der Waals surface area contributed by atoms with Crippen LogP contribution in [-0.4, -0.2) is 35.8 Å². The highest BCUT2D eigenvalue weighted by atomic mass is 19.1. The predicted molar refractivity (Wildman–Crippen MR) is 115 cm³/mol. The predicted octanol–water partition coefficient (Wildman–Crippen LogP) is 4.58. The third kappa shape index (κ3) is 6.17. The van der Waals surface area contributed by atoms with Crippen LogP contribution in [0.1, 0.15) is 12.5 Å². The molecule has 168 valence electrons. The van der Waals surface area contributed by atoms with Crippen LogP contribution in [0.2, 0.25) is 0 Å². The molecule has 7 nitrogen and oxygen atoms in total. The van der Waals surface area contributed by atoms with Gasteiger partial charge in [-0.2, -0.15) is 4.98 Å². The molecule has 0 spiro atoms. The van der Waals surface area contributed by atoms with Gasteiger partial charge in [-0.05, 0) is 42.8 Å². The molecule has 0 radical (unpaired) electrons. The average molecular weight is 445 g/mol. The molecule has 10 heteroatoms. The maximum absolute atomic E-state index is 14.1. The smallest absolute Gasteiger partial charge is 0.327 e. The van der Waals surface area contributed by atoms with Gasteiger partial charge in [0.1, 0.15) is 23.3 Å². The van der Waals surface area contributed by atoms with Crippen LogP contribution in [0.3, 0.4) is 0 Å². The number of urea groups is 1. The molecule has 0 aliphatic rings. The zero-order valence-corrected chi connectivity index (χ0v) is 17.5. The number of benzene rings is 2. The Morgan fingerprint density at radius 1 is 1.09 bits per heavy atom. The van der Waals surface area contributed by atoms with Crippen LogP contribution >= 0.6 is 0 Å². The van der Waals surface area contributed by atoms with Gasteiger partial charge in [0.25, 0.3) is 0 Å². The van der Waals surface area contributed by atoms with E-state index >= 15 is 0 Å². The van der Waals surface area contributed by atoms with Crippen LogP contribution in [0.15, 0.2) is 54.7 Å². The van der Waals surface area contributed by atoms with Gasteiger partial charge >= 0.3 is 6.03 Å². The van der Waals surface area contributed by atoms with E-state index in [-0.39, 0.29) is 30.0 Å². The van der Waals surface area contributed by atoms with E-state index in [4.69, 9.17) is 4.74 Å². The molecular formula is C22H22F3N5O2. The lowest BCUT2D eigenvalue weighted by molar-refractivity contribution is 0.190. The molecule has 2 aromatic carbocycles. The first kappa shape index (κ1) is 23.0. The molecule has 0 saturated heterocycles. The van der Waals surface area contributed by atoms with Crippen molar-refractivity contribution in [2.24, 2.45) is 0 Å². The number of anilines is 3. The Hall–Kier alpha value is -3.66. The number of nitrogens with zero attached hydrogens (tertiary/aromatic N) is 3. The van der Waals surface area contributed by atoms with Crippen LogP contribution in [-0.2, 0) is 11.3 Å². The monoisotopic (exact) mass is 445 g/mol. The van der Waals surface area contributed by atoms with Gasteiger partial charge in [0.2, 0.25) is 5.95 Å². The van der Waals surface area contributed by atoms with E-state index in [2.05, 4.69) is 20.6 Å². The molecule has 1 unspecified atom stereocenters. The van der Waals surface area contributed by atoms with Gasteiger partial charge in [0.15, 0.2) is 0 Å². The molecular weight excluding hydrogens is 423 g/mol. The van der Waals surface area contributed by atoms with Crippen molar-refractivity contribution in [3.05, 3.63) is 77.7 Å². The Morgan fingerprint density at radius 2 is 1.81 bits per heavy atom. The fraction of sp³-hybridized carbons (Fsp3) is 0.227. The zero-order chi connectivity index (χ0) is 23.1. The average Bonchev–Trinajstić information content (AvgIpc) is 2.76. The maximum atomic E-state index is 14.1. The summed E-state index contributed by atoms with van der Waals surface area (Å²) in [6.45, 7) is 2.27. The number of hydrogen-bond donors (Lipinski definition) is 2. The second kappa shape index (κ2) is 10.6. The fourth-order valence-corrected chi connectivity index (χ4v) is 2.89. The summed E-state index contributed by atoms with van der Waals surface area (Å²) in [5.41, 5.74) is 0.280. The van der Waals surface area contributed by atoms with Gasteiger partial charge in [-0.25, -0.2) is 22.9 Å². The third-order valence-electron chi connectivity index (χ3n) is 4.38. The number of carbonyl (C=O) groups is 1. The van der Waals surface area contributed by atoms with E-state index in [1.165, 1.54) is 41.4 Å². The number of amides is 2. The van der Waals surface area contributed by atoms with Crippen molar-refractivity contribution in [2.45, 2.75) is 19.5 Å². The van der Waals surface area contributed by atoms with E-state index in [1.807, 2.05) is 6.92 Å². The third-order valence-corrected chi connectivity index (χ3v) is 4.38. The number of aromatic nitrogens is 2. The second-order valence-corrected chi connectivity index (χ2v) is 7.01. The van der Waals surface area contributed by atoms with Crippen LogP contribution in [0.4, 0.5) is 35.4 Å². The van der Waals surface area contributed by atoms with Gasteiger partial charge < -0.3 is 15.4 Å². The minimum atomic E-state index is -0.792. The number of rotatable bonds is 8. The molecule has 1 aromatic heterocycles. The van der Waals surface area contributed by atoms with Crippen molar-refractivity contribution in [3.63, 3.8) is 0 Å². The standard InChI is InChI=1S/C22H22F3N5O2/c1-14(13-32-2)27-21-26-10-9-20(29-21)30(12-15-3-5-16(23)6-4-15)22(31)28-19-11-17(24)7-8-18(19)25/h3-11,14H,12-13H2,1-2H3,(H,28,31)(H,26,27,29). The summed E-state index contributed by atoms with van der Waals surface area (Å²) in [7, 11) is 1.57. The fourth-order valence-electron chi connectivity index (χ4n) is 2.89. The van der Waals surface area contributed by atoms with Crippen LogP contribution in [0.25, 0.3) is 0 Å². The Bertz CT molecular complexity index is 1070. The Morgan fingerprint density at radius 3 is 2.53 bits per heavy atom. The molecule has 0 saturated carbocycles. The Balaban J connectivity index is 1.90. The molecule has 3 aromatic rings. The summed E-state index contributed by atoms with van der Waals surface area (Å²) >= 11 is 0. The van der Waals surface area contributed by atoms with Gasteiger partial charge in [0.05, 0.1) is 18.8 Å². The van der Waals surface area contributed by atoms with Gasteiger partial charge in [-0.15, -0.1) is 0 Å². The molecule has 1 heterocycles. The topological polar surface area (TPSA) is 79.4 Å². The molecule has 1 atom stereocenters. The molecule has 0 aliphatic heterocycles. The van der Waals surface area contributed by atoms with Crippen molar-refractivity contribution >= 4 is 23.5 Å². The Kier molecular flexibility index (Phi) is 7.61. The summed E-state index contributed by atoms with van der Waals surface area (Å²) in [4.78, 5) is 22.7. The summed E-state index contributed by atoms with van der Waals surface area (Å²) < 4.78 is 46.0. The van der Waals surface area contributed by atoms with Crippen LogP contribution in [0, 0.1) is 17.5 Å². The highest BCUT2D eigenvalue weighted by Crippen LogP contribution is 2.21. The van der Waals surface area contributed by atoms with Gasteiger partial charge in [-0.1, -0.05) is 12.1 Å². The Labute approximate surface area is 183 Å². The maximum Gasteiger partial charge on any atom is 0.327 e. The van der Waals surface area contributed by atoms with Crippen molar-refractivity contribution < 1.29 is 22.7 Å². The van der Waals surface area contributed by atoms with Crippen molar-refractivity contribution in [3.8, 4) is 0 Å². The van der Waals surface area contributed by atoms with E-state index in [1.54, 1.807) is 7.11 Å². The zero-order valence-electron chi connectivity index (χ0n) is 17.5. The molecule has 2 N–H and O–H groups in total. The van der Waals surface area contributed by atoms with Crippen molar-refractivity contribution in [1.82, 2.24) is 9.97 Å². The summed E-state index contributed by atoms with van der Waals surface area (Å²) in [5.74, 6) is -1.47. The number of carbonyl (C=O) groups excluding carboxylic acids is 1. The lowest BCUT2D eigenvalue weighted by Crippen LogP contribution is -2.35. The lowest BCUT2D eigenvalue weighted by Gasteiger charge is -2.23. The molecule has 32 heavy (non-hydrogen) atoms. The molecule has 0 aliphatic carbocycles. The largest absolute Gasteiger partial charge is 0.383 e. The van der Waals surface area contributed by atoms with E-state index in [0.717, 1.165) is 18.2 Å². The first-order chi connectivity index (χ1) is 15.4. The van der Waals surface area contributed by atoms with E-state index in [0.29, 0.717) is 12.2 Å². The number of halogens is 3. The first-order valence-corrected chi connectivity index (χ1v) is 9.72. The minimum Gasteiger partial charge on any atom is -0.383 e. The molecule has 3 rings (SSSR count). The number of ether oxygens (including phenoxy) is 1. The first-order valence-electron chi connectivity index (χ1n) is 9.72. The summed E-state index contributed by atoms with van der Waals surface area (Å²) in [6, 6.07) is 8.93. The van der Waals surface area contributed by atoms with Crippen molar-refractivity contribution in [1.29, 1.82) is 0 Å². The number of hydrogen-bond acceptors (Lipinski definition) is 5. The number of methoxy groups -OCH3 is 1. The van der Waals surface area contributed by atoms with E-state index in [9.17, 15) is 18.0 Å². The quantitative estimate of drug-likeness (QED) is 0.531. The number of nitrogens with one attached hydrogen (secondary N) is 2. The van der Waals surface area contributed by atoms with Crippen LogP contribution < -0.4 is 15.5 Å². The molecule has 2 amide bonds. The highest BCUT2D eigenvalue weighted by molar-refractivity contribution is 6.01. The van der Waals surface area contributed by atoms with Crippen LogP contribution in [0.5, 0.6) is 0 Å². The molecule has 0 bridgehead atoms. The SMILES string of the molecule is COCC(C)Nc1nccc(N(Cc2ccc(F)cc2)C(=O)Nc2cc(F)ccc2F)n1. The molecule has 0 fully saturated rings. The normalized spacial score (nSPS) is 11.7. The van der Waals surface area contributed by atoms with Gasteiger partial charge in [-0.3, -0.25) is 4.90 Å².